The van der Waals surface area contributed by atoms with Crippen molar-refractivity contribution in [2.45, 2.75) is 31.7 Å². The van der Waals surface area contributed by atoms with Gasteiger partial charge in [-0.15, -0.1) is 5.10 Å². The van der Waals surface area contributed by atoms with E-state index in [0.717, 1.165) is 31.9 Å². The standard InChI is InChI=1S/C19H20FN7O2/c1-29-19(28)14-9-2-4-10(5-3-9)15(14)23-13-8-22-26-18(24-13)16-12-6-11(20)7-21-17(12)27-25-16/h6-10,14-15H,2-5H2,1H3,(H,21,25,27)(H,23,24,26). The molecule has 0 aromatic carbocycles. The molecule has 0 radical (unpaired) electrons. The fraction of sp³-hybridized carbons (Fsp3) is 0.474. The van der Waals surface area contributed by atoms with Crippen LogP contribution in [0.1, 0.15) is 25.7 Å². The molecule has 3 aromatic rings. The third-order valence-corrected chi connectivity index (χ3v) is 6.16. The average molecular weight is 397 g/mol. The number of methoxy groups -OCH3 is 1. The van der Waals surface area contributed by atoms with Crippen LogP contribution in [-0.4, -0.2) is 49.5 Å². The molecule has 0 aliphatic heterocycles. The summed E-state index contributed by atoms with van der Waals surface area (Å²) in [5.74, 6) is 0.609. The summed E-state index contributed by atoms with van der Waals surface area (Å²) in [5, 5.41) is 18.9. The fourth-order valence-electron chi connectivity index (χ4n) is 4.83. The smallest absolute Gasteiger partial charge is 0.311 e. The molecule has 2 unspecified atom stereocenters. The number of aromatic nitrogens is 6. The van der Waals surface area contributed by atoms with Gasteiger partial charge < -0.3 is 10.1 Å². The van der Waals surface area contributed by atoms with Gasteiger partial charge in [0.1, 0.15) is 17.3 Å². The number of fused-ring (bicyclic) bond motifs is 4. The van der Waals surface area contributed by atoms with Gasteiger partial charge in [-0.25, -0.2) is 14.4 Å². The molecule has 2 N–H and O–H groups in total. The van der Waals surface area contributed by atoms with Gasteiger partial charge >= 0.3 is 5.97 Å². The molecule has 9 nitrogen and oxygen atoms in total. The van der Waals surface area contributed by atoms with Crippen molar-refractivity contribution in [3.8, 4) is 11.5 Å². The Hall–Kier alpha value is -3.17. The van der Waals surface area contributed by atoms with E-state index in [9.17, 15) is 9.18 Å². The highest BCUT2D eigenvalue weighted by Crippen LogP contribution is 2.46. The number of rotatable bonds is 4. The lowest BCUT2D eigenvalue weighted by Gasteiger charge is -2.47. The van der Waals surface area contributed by atoms with Crippen LogP contribution in [0, 0.1) is 23.6 Å². The number of carbonyl (C=O) groups is 1. The third-order valence-electron chi connectivity index (χ3n) is 6.16. The second-order valence-electron chi connectivity index (χ2n) is 7.68. The van der Waals surface area contributed by atoms with Crippen molar-refractivity contribution in [1.82, 2.24) is 30.4 Å². The zero-order valence-electron chi connectivity index (χ0n) is 15.8. The Morgan fingerprint density at radius 2 is 2.03 bits per heavy atom. The number of pyridine rings is 1. The number of H-pyrrole nitrogens is 1. The summed E-state index contributed by atoms with van der Waals surface area (Å²) in [6.45, 7) is 0. The first kappa shape index (κ1) is 17.9. The van der Waals surface area contributed by atoms with Gasteiger partial charge in [-0.2, -0.15) is 10.2 Å². The van der Waals surface area contributed by atoms with E-state index >= 15 is 0 Å². The fourth-order valence-corrected chi connectivity index (χ4v) is 4.83. The van der Waals surface area contributed by atoms with Gasteiger partial charge in [-0.3, -0.25) is 9.89 Å². The number of halogens is 1. The maximum atomic E-state index is 13.6. The normalized spacial score (nSPS) is 25.9. The summed E-state index contributed by atoms with van der Waals surface area (Å²) in [6.07, 6.45) is 6.90. The van der Waals surface area contributed by atoms with Crippen molar-refractivity contribution in [3.63, 3.8) is 0 Å². The van der Waals surface area contributed by atoms with E-state index in [2.05, 4.69) is 35.7 Å². The number of nitrogens with zero attached hydrogens (tertiary/aromatic N) is 5. The van der Waals surface area contributed by atoms with Crippen molar-refractivity contribution in [2.24, 2.45) is 17.8 Å². The summed E-state index contributed by atoms with van der Waals surface area (Å²) >= 11 is 0. The van der Waals surface area contributed by atoms with E-state index < -0.39 is 5.82 Å². The Morgan fingerprint density at radius 3 is 2.83 bits per heavy atom. The molecule has 3 aliphatic rings. The van der Waals surface area contributed by atoms with Crippen LogP contribution in [0.25, 0.3) is 22.6 Å². The molecule has 0 spiro atoms. The number of hydrogen-bond donors (Lipinski definition) is 2. The zero-order chi connectivity index (χ0) is 20.0. The Bertz CT molecular complexity index is 1060. The van der Waals surface area contributed by atoms with Crippen LogP contribution in [0.2, 0.25) is 0 Å². The number of nitrogens with one attached hydrogen (secondary N) is 2. The van der Waals surface area contributed by atoms with Crippen LogP contribution in [0.4, 0.5) is 10.2 Å². The lowest BCUT2D eigenvalue weighted by atomic mass is 9.61. The second-order valence-corrected chi connectivity index (χ2v) is 7.68. The number of hydrogen-bond acceptors (Lipinski definition) is 8. The Kier molecular flexibility index (Phi) is 4.33. The van der Waals surface area contributed by atoms with Gasteiger partial charge in [0.2, 0.25) is 5.82 Å². The molecule has 2 atom stereocenters. The van der Waals surface area contributed by atoms with Crippen molar-refractivity contribution < 1.29 is 13.9 Å². The molecule has 3 aromatic heterocycles. The molecule has 150 valence electrons. The second kappa shape index (κ2) is 7.02. The lowest BCUT2D eigenvalue weighted by molar-refractivity contribution is -0.152. The Labute approximate surface area is 165 Å². The minimum atomic E-state index is -0.471. The van der Waals surface area contributed by atoms with Gasteiger partial charge in [0.05, 0.1) is 30.8 Å². The first-order valence-corrected chi connectivity index (χ1v) is 9.68. The van der Waals surface area contributed by atoms with Crippen LogP contribution >= 0.6 is 0 Å². The van der Waals surface area contributed by atoms with Crippen LogP contribution in [0.5, 0.6) is 0 Å². The monoisotopic (exact) mass is 397 g/mol. The predicted molar refractivity (Wildman–Crippen MR) is 101 cm³/mol. The van der Waals surface area contributed by atoms with Crippen molar-refractivity contribution in [3.05, 3.63) is 24.3 Å². The van der Waals surface area contributed by atoms with Crippen molar-refractivity contribution in [1.29, 1.82) is 0 Å². The Balaban J connectivity index is 1.46. The predicted octanol–water partition coefficient (Wildman–Crippen LogP) is 2.34. The van der Waals surface area contributed by atoms with Gasteiger partial charge in [-0.05, 0) is 43.6 Å². The van der Waals surface area contributed by atoms with E-state index in [0.29, 0.717) is 34.4 Å². The van der Waals surface area contributed by atoms with Crippen molar-refractivity contribution >= 4 is 22.8 Å². The van der Waals surface area contributed by atoms with Crippen LogP contribution < -0.4 is 5.32 Å². The molecule has 6 rings (SSSR count). The summed E-state index contributed by atoms with van der Waals surface area (Å²) < 4.78 is 18.7. The summed E-state index contributed by atoms with van der Waals surface area (Å²) in [5.41, 5.74) is 0.816. The van der Waals surface area contributed by atoms with Gasteiger partial charge in [-0.1, -0.05) is 0 Å². The van der Waals surface area contributed by atoms with Crippen molar-refractivity contribution in [2.75, 3.05) is 12.4 Å². The topological polar surface area (TPSA) is 119 Å². The number of ether oxygens (including phenoxy) is 1. The lowest BCUT2D eigenvalue weighted by Crippen LogP contribution is -2.51. The van der Waals surface area contributed by atoms with E-state index in [1.165, 1.54) is 19.4 Å². The van der Waals surface area contributed by atoms with Gasteiger partial charge in [0, 0.05) is 6.04 Å². The minimum Gasteiger partial charge on any atom is -0.469 e. The van der Waals surface area contributed by atoms with Crippen LogP contribution in [-0.2, 0) is 9.53 Å². The summed E-state index contributed by atoms with van der Waals surface area (Å²) in [4.78, 5) is 20.9. The number of aromatic amines is 1. The molecule has 10 heteroatoms. The first-order valence-electron chi connectivity index (χ1n) is 9.68. The molecule has 3 saturated carbocycles. The highest BCUT2D eigenvalue weighted by Gasteiger charge is 2.47. The molecule has 3 heterocycles. The molecular formula is C19H20FN7O2. The first-order chi connectivity index (χ1) is 14.1. The minimum absolute atomic E-state index is 0.0606. The summed E-state index contributed by atoms with van der Waals surface area (Å²) in [6, 6.07) is 1.27. The van der Waals surface area contributed by atoms with E-state index in [1.807, 2.05) is 0 Å². The highest BCUT2D eigenvalue weighted by atomic mass is 19.1. The largest absolute Gasteiger partial charge is 0.469 e. The molecule has 3 fully saturated rings. The van der Waals surface area contributed by atoms with E-state index in [1.54, 1.807) is 0 Å². The molecule has 0 saturated heterocycles. The molecule has 29 heavy (non-hydrogen) atoms. The number of anilines is 1. The number of esters is 1. The summed E-state index contributed by atoms with van der Waals surface area (Å²) in [7, 11) is 1.43. The highest BCUT2D eigenvalue weighted by molar-refractivity contribution is 5.88. The maximum Gasteiger partial charge on any atom is 0.311 e. The van der Waals surface area contributed by atoms with Gasteiger partial charge in [0.15, 0.2) is 5.65 Å². The van der Waals surface area contributed by atoms with Crippen LogP contribution in [0.15, 0.2) is 18.5 Å². The van der Waals surface area contributed by atoms with E-state index in [4.69, 9.17) is 4.74 Å². The van der Waals surface area contributed by atoms with Crippen LogP contribution in [0.3, 0.4) is 0 Å². The number of carbonyl (C=O) groups excluding carboxylic acids is 1. The quantitative estimate of drug-likeness (QED) is 0.644. The maximum absolute atomic E-state index is 13.6. The zero-order valence-corrected chi connectivity index (χ0v) is 15.8. The molecule has 2 bridgehead atoms. The third kappa shape index (κ3) is 3.08. The molecule has 0 amide bonds. The average Bonchev–Trinajstić information content (AvgIpc) is 3.17. The van der Waals surface area contributed by atoms with E-state index in [-0.39, 0.29) is 23.8 Å². The molecular weight excluding hydrogens is 377 g/mol. The van der Waals surface area contributed by atoms with Gasteiger partial charge in [0.25, 0.3) is 0 Å². The SMILES string of the molecule is COC(=O)C1C2CCC(CC2)C1Nc1cnnc(-c2n[nH]c3ncc(F)cc23)n1. The molecule has 3 aliphatic carbocycles. The Morgan fingerprint density at radius 1 is 1.24 bits per heavy atom.